The van der Waals surface area contributed by atoms with E-state index in [1.165, 1.54) is 12.1 Å². The molecule has 1 N–H and O–H groups in total. The van der Waals surface area contributed by atoms with Crippen LogP contribution in [0.4, 0.5) is 4.39 Å². The van der Waals surface area contributed by atoms with E-state index in [0.717, 1.165) is 18.5 Å². The van der Waals surface area contributed by atoms with Gasteiger partial charge in [0.15, 0.2) is 0 Å². The molecule has 2 aromatic rings. The standard InChI is InChI=1S/C19H23FN2O2/c1-22(2)12-11-18(14-7-9-16(20)10-8-14)21-19(23)15-5-4-6-17(13-15)24-3/h4-10,13,18H,11-12H2,1-3H3,(H,21,23). The molecule has 24 heavy (non-hydrogen) atoms. The molecule has 1 atom stereocenters. The van der Waals surface area contributed by atoms with Crippen molar-refractivity contribution in [2.45, 2.75) is 12.5 Å². The van der Waals surface area contributed by atoms with E-state index in [0.29, 0.717) is 11.3 Å². The summed E-state index contributed by atoms with van der Waals surface area (Å²) in [7, 11) is 5.52. The van der Waals surface area contributed by atoms with Crippen LogP contribution in [0.3, 0.4) is 0 Å². The Bertz CT molecular complexity index is 671. The highest BCUT2D eigenvalue weighted by atomic mass is 19.1. The van der Waals surface area contributed by atoms with Crippen molar-refractivity contribution >= 4 is 5.91 Å². The number of rotatable bonds is 7. The molecular weight excluding hydrogens is 307 g/mol. The fourth-order valence-corrected chi connectivity index (χ4v) is 2.41. The minimum atomic E-state index is -0.288. The Morgan fingerprint density at radius 3 is 2.54 bits per heavy atom. The highest BCUT2D eigenvalue weighted by Gasteiger charge is 2.16. The zero-order valence-electron chi connectivity index (χ0n) is 14.3. The smallest absolute Gasteiger partial charge is 0.251 e. The lowest BCUT2D eigenvalue weighted by molar-refractivity contribution is 0.0932. The van der Waals surface area contributed by atoms with Crippen molar-refractivity contribution in [3.8, 4) is 5.75 Å². The lowest BCUT2D eigenvalue weighted by atomic mass is 10.0. The van der Waals surface area contributed by atoms with E-state index in [2.05, 4.69) is 5.32 Å². The second-order valence-electron chi connectivity index (χ2n) is 5.90. The molecule has 2 rings (SSSR count). The maximum atomic E-state index is 13.2. The van der Waals surface area contributed by atoms with Gasteiger partial charge in [0.2, 0.25) is 0 Å². The molecule has 128 valence electrons. The largest absolute Gasteiger partial charge is 0.497 e. The first kappa shape index (κ1) is 17.9. The van der Waals surface area contributed by atoms with Crippen LogP contribution in [0, 0.1) is 5.82 Å². The predicted molar refractivity (Wildman–Crippen MR) is 92.8 cm³/mol. The van der Waals surface area contributed by atoms with Crippen LogP contribution in [-0.2, 0) is 0 Å². The fourth-order valence-electron chi connectivity index (χ4n) is 2.41. The van der Waals surface area contributed by atoms with Gasteiger partial charge in [-0.05, 0) is 63.0 Å². The van der Waals surface area contributed by atoms with Gasteiger partial charge >= 0.3 is 0 Å². The normalized spacial score (nSPS) is 12.0. The summed E-state index contributed by atoms with van der Waals surface area (Å²) in [6.07, 6.45) is 0.730. The average Bonchev–Trinajstić information content (AvgIpc) is 2.59. The third kappa shape index (κ3) is 5.06. The first-order valence-electron chi connectivity index (χ1n) is 7.84. The molecule has 4 nitrogen and oxygen atoms in total. The number of carbonyl (C=O) groups excluding carboxylic acids is 1. The van der Waals surface area contributed by atoms with Gasteiger partial charge in [-0.2, -0.15) is 0 Å². The number of ether oxygens (including phenoxy) is 1. The summed E-state index contributed by atoms with van der Waals surface area (Å²) in [5.41, 5.74) is 1.42. The summed E-state index contributed by atoms with van der Waals surface area (Å²) >= 11 is 0. The second kappa shape index (κ2) is 8.45. The number of methoxy groups -OCH3 is 1. The quantitative estimate of drug-likeness (QED) is 0.847. The molecular formula is C19H23FN2O2. The van der Waals surface area contributed by atoms with Crippen molar-refractivity contribution < 1.29 is 13.9 Å². The monoisotopic (exact) mass is 330 g/mol. The highest BCUT2D eigenvalue weighted by Crippen LogP contribution is 2.19. The van der Waals surface area contributed by atoms with Crippen molar-refractivity contribution in [2.24, 2.45) is 0 Å². The van der Waals surface area contributed by atoms with Crippen molar-refractivity contribution in [3.05, 3.63) is 65.5 Å². The molecule has 5 heteroatoms. The number of amides is 1. The van der Waals surface area contributed by atoms with Crippen LogP contribution in [-0.4, -0.2) is 38.6 Å². The Morgan fingerprint density at radius 2 is 1.92 bits per heavy atom. The molecule has 0 aliphatic heterocycles. The molecule has 0 radical (unpaired) electrons. The van der Waals surface area contributed by atoms with Crippen LogP contribution in [0.1, 0.15) is 28.4 Å². The molecule has 2 aromatic carbocycles. The molecule has 0 aromatic heterocycles. The fraction of sp³-hybridized carbons (Fsp3) is 0.316. The summed E-state index contributed by atoms with van der Waals surface area (Å²) in [6.45, 7) is 0.806. The van der Waals surface area contributed by atoms with Crippen molar-refractivity contribution in [2.75, 3.05) is 27.7 Å². The Labute approximate surface area is 142 Å². The Kier molecular flexibility index (Phi) is 6.32. The van der Waals surface area contributed by atoms with E-state index in [-0.39, 0.29) is 17.8 Å². The van der Waals surface area contributed by atoms with Crippen LogP contribution in [0.2, 0.25) is 0 Å². The summed E-state index contributed by atoms with van der Waals surface area (Å²) in [4.78, 5) is 14.6. The molecule has 0 heterocycles. The lowest BCUT2D eigenvalue weighted by Crippen LogP contribution is -2.31. The van der Waals surface area contributed by atoms with E-state index >= 15 is 0 Å². The van der Waals surface area contributed by atoms with Crippen molar-refractivity contribution in [3.63, 3.8) is 0 Å². The van der Waals surface area contributed by atoms with E-state index in [4.69, 9.17) is 4.74 Å². The summed E-state index contributed by atoms with van der Waals surface area (Å²) < 4.78 is 18.3. The van der Waals surface area contributed by atoms with Gasteiger partial charge in [-0.25, -0.2) is 4.39 Å². The molecule has 0 bridgehead atoms. The Balaban J connectivity index is 2.17. The van der Waals surface area contributed by atoms with Crippen LogP contribution < -0.4 is 10.1 Å². The second-order valence-corrected chi connectivity index (χ2v) is 5.90. The van der Waals surface area contributed by atoms with Crippen LogP contribution in [0.25, 0.3) is 0 Å². The maximum absolute atomic E-state index is 13.2. The molecule has 0 saturated carbocycles. The zero-order valence-corrected chi connectivity index (χ0v) is 14.3. The van der Waals surface area contributed by atoms with Gasteiger partial charge in [-0.15, -0.1) is 0 Å². The Hall–Kier alpha value is -2.40. The van der Waals surface area contributed by atoms with Gasteiger partial charge in [0, 0.05) is 5.56 Å². The predicted octanol–water partition coefficient (Wildman–Crippen LogP) is 3.26. The number of nitrogens with zero attached hydrogens (tertiary/aromatic N) is 1. The van der Waals surface area contributed by atoms with Crippen LogP contribution in [0.15, 0.2) is 48.5 Å². The molecule has 0 aliphatic carbocycles. The highest BCUT2D eigenvalue weighted by molar-refractivity contribution is 5.94. The zero-order chi connectivity index (χ0) is 17.5. The van der Waals surface area contributed by atoms with Crippen LogP contribution in [0.5, 0.6) is 5.75 Å². The molecule has 0 saturated heterocycles. The van der Waals surface area contributed by atoms with Crippen LogP contribution >= 0.6 is 0 Å². The topological polar surface area (TPSA) is 41.6 Å². The van der Waals surface area contributed by atoms with Gasteiger partial charge in [0.05, 0.1) is 13.2 Å². The third-order valence-corrected chi connectivity index (χ3v) is 3.77. The number of hydrogen-bond donors (Lipinski definition) is 1. The summed E-state index contributed by atoms with van der Waals surface area (Å²) in [5.74, 6) is 0.167. The van der Waals surface area contributed by atoms with E-state index in [1.807, 2.05) is 19.0 Å². The molecule has 1 amide bonds. The molecule has 0 aliphatic rings. The maximum Gasteiger partial charge on any atom is 0.251 e. The Morgan fingerprint density at radius 1 is 1.21 bits per heavy atom. The van der Waals surface area contributed by atoms with E-state index in [1.54, 1.807) is 43.5 Å². The molecule has 1 unspecified atom stereocenters. The average molecular weight is 330 g/mol. The number of carbonyl (C=O) groups is 1. The number of benzene rings is 2. The molecule has 0 spiro atoms. The number of halogens is 1. The minimum Gasteiger partial charge on any atom is -0.497 e. The van der Waals surface area contributed by atoms with Gasteiger partial charge < -0.3 is 15.0 Å². The first-order chi connectivity index (χ1) is 11.5. The molecule has 0 fully saturated rings. The third-order valence-electron chi connectivity index (χ3n) is 3.77. The number of nitrogens with one attached hydrogen (secondary N) is 1. The van der Waals surface area contributed by atoms with Gasteiger partial charge in [-0.3, -0.25) is 4.79 Å². The van der Waals surface area contributed by atoms with Gasteiger partial charge in [-0.1, -0.05) is 18.2 Å². The van der Waals surface area contributed by atoms with E-state index in [9.17, 15) is 9.18 Å². The van der Waals surface area contributed by atoms with Crippen molar-refractivity contribution in [1.29, 1.82) is 0 Å². The first-order valence-corrected chi connectivity index (χ1v) is 7.84. The van der Waals surface area contributed by atoms with E-state index < -0.39 is 0 Å². The number of hydrogen-bond acceptors (Lipinski definition) is 3. The summed E-state index contributed by atoms with van der Waals surface area (Å²) in [6, 6.07) is 13.1. The van der Waals surface area contributed by atoms with Gasteiger partial charge in [0.25, 0.3) is 5.91 Å². The lowest BCUT2D eigenvalue weighted by Gasteiger charge is -2.21. The van der Waals surface area contributed by atoms with Gasteiger partial charge in [0.1, 0.15) is 11.6 Å². The minimum absolute atomic E-state index is 0.179. The summed E-state index contributed by atoms with van der Waals surface area (Å²) in [5, 5.41) is 3.03. The SMILES string of the molecule is COc1cccc(C(=O)NC(CCN(C)C)c2ccc(F)cc2)c1. The van der Waals surface area contributed by atoms with Crippen molar-refractivity contribution in [1.82, 2.24) is 10.2 Å².